The molecule has 0 bridgehead atoms. The first-order valence-corrected chi connectivity index (χ1v) is 6.75. The van der Waals surface area contributed by atoms with Crippen LogP contribution >= 0.6 is 23.2 Å². The maximum atomic E-state index is 9.96. The van der Waals surface area contributed by atoms with E-state index in [4.69, 9.17) is 23.2 Å². The molecule has 16 heavy (non-hydrogen) atoms. The highest BCUT2D eigenvalue weighted by molar-refractivity contribution is 6.18. The van der Waals surface area contributed by atoms with E-state index in [9.17, 15) is 5.11 Å². The van der Waals surface area contributed by atoms with Gasteiger partial charge in [-0.15, -0.1) is 23.2 Å². The third kappa shape index (κ3) is 6.60. The van der Waals surface area contributed by atoms with E-state index in [1.807, 2.05) is 13.8 Å². The second kappa shape index (κ2) is 9.13. The quantitative estimate of drug-likeness (QED) is 0.564. The predicted octanol–water partition coefficient (Wildman–Crippen LogP) is 2.32. The molecule has 0 unspecified atom stereocenters. The van der Waals surface area contributed by atoms with Crippen molar-refractivity contribution in [2.75, 3.05) is 31.4 Å². The second-order valence-corrected chi connectivity index (χ2v) is 4.45. The molecule has 0 aliphatic heterocycles. The van der Waals surface area contributed by atoms with E-state index in [0.717, 1.165) is 13.1 Å². The summed E-state index contributed by atoms with van der Waals surface area (Å²) in [4.78, 5) is 2.08. The molecule has 0 heterocycles. The van der Waals surface area contributed by atoms with E-state index in [2.05, 4.69) is 16.7 Å². The van der Waals surface area contributed by atoms with Gasteiger partial charge < -0.3 is 5.11 Å². The minimum absolute atomic E-state index is 0.574. The fraction of sp³-hybridized carbons (Fsp3) is 0.833. The minimum Gasteiger partial charge on any atom is -0.378 e. The molecule has 94 valence electrons. The molecule has 0 rings (SSSR count). The fourth-order valence-electron chi connectivity index (χ4n) is 1.25. The Morgan fingerprint density at radius 2 is 1.62 bits per heavy atom. The molecule has 0 aromatic rings. The zero-order valence-corrected chi connectivity index (χ0v) is 11.6. The molecule has 0 spiro atoms. The lowest BCUT2D eigenvalue weighted by Crippen LogP contribution is -2.29. The van der Waals surface area contributed by atoms with E-state index < -0.39 is 5.60 Å². The van der Waals surface area contributed by atoms with Gasteiger partial charge in [-0.05, 0) is 12.8 Å². The first-order valence-electron chi connectivity index (χ1n) is 5.68. The summed E-state index contributed by atoms with van der Waals surface area (Å²) in [6.07, 6.45) is 1.31. The molecule has 0 aromatic heterocycles. The van der Waals surface area contributed by atoms with Gasteiger partial charge in [-0.1, -0.05) is 25.7 Å². The third-order valence-electron chi connectivity index (χ3n) is 2.59. The topological polar surface area (TPSA) is 23.5 Å². The molecular formula is C12H21Cl2NO. The van der Waals surface area contributed by atoms with Crippen molar-refractivity contribution in [3.8, 4) is 11.8 Å². The van der Waals surface area contributed by atoms with Crippen LogP contribution in [0.4, 0.5) is 0 Å². The molecule has 0 amide bonds. The SMILES string of the molecule is CCC(O)(C#CCN(CCCl)CCCl)CC. The van der Waals surface area contributed by atoms with Crippen LogP contribution in [0, 0.1) is 11.8 Å². The number of aliphatic hydroxyl groups is 1. The minimum atomic E-state index is -0.840. The standard InChI is InChI=1S/C12H21Cl2NO/c1-3-12(16,4-2)6-5-9-15(10-7-13)11-8-14/h16H,3-4,7-11H2,1-2H3. The average molecular weight is 266 g/mol. The van der Waals surface area contributed by atoms with Crippen molar-refractivity contribution in [2.45, 2.75) is 32.3 Å². The number of nitrogens with zero attached hydrogens (tertiary/aromatic N) is 1. The molecule has 0 fully saturated rings. The highest BCUT2D eigenvalue weighted by atomic mass is 35.5. The average Bonchev–Trinajstić information content (AvgIpc) is 2.29. The zero-order valence-electron chi connectivity index (χ0n) is 10.1. The second-order valence-electron chi connectivity index (χ2n) is 3.69. The highest BCUT2D eigenvalue weighted by Gasteiger charge is 2.17. The van der Waals surface area contributed by atoms with Crippen LogP contribution in [0.25, 0.3) is 0 Å². The molecule has 0 aromatic carbocycles. The molecule has 0 aliphatic carbocycles. The molecular weight excluding hydrogens is 245 g/mol. The van der Waals surface area contributed by atoms with Gasteiger partial charge in [-0.25, -0.2) is 0 Å². The number of halogens is 2. The van der Waals surface area contributed by atoms with Gasteiger partial charge in [-0.2, -0.15) is 0 Å². The van der Waals surface area contributed by atoms with Gasteiger partial charge in [0.2, 0.25) is 0 Å². The van der Waals surface area contributed by atoms with Gasteiger partial charge in [-0.3, -0.25) is 4.90 Å². The van der Waals surface area contributed by atoms with E-state index in [-0.39, 0.29) is 0 Å². The molecule has 4 heteroatoms. The highest BCUT2D eigenvalue weighted by Crippen LogP contribution is 2.12. The summed E-state index contributed by atoms with van der Waals surface area (Å²) in [7, 11) is 0. The molecule has 2 nitrogen and oxygen atoms in total. The molecule has 0 aliphatic rings. The van der Waals surface area contributed by atoms with Gasteiger partial charge >= 0.3 is 0 Å². The van der Waals surface area contributed by atoms with Crippen LogP contribution in [0.1, 0.15) is 26.7 Å². The van der Waals surface area contributed by atoms with Crippen LogP contribution in [0.5, 0.6) is 0 Å². The van der Waals surface area contributed by atoms with Crippen LogP contribution in [-0.4, -0.2) is 47.0 Å². The number of hydrogen-bond acceptors (Lipinski definition) is 2. The normalized spacial score (nSPS) is 11.4. The summed E-state index contributed by atoms with van der Waals surface area (Å²) in [6.45, 7) is 6.04. The van der Waals surface area contributed by atoms with Crippen LogP contribution in [0.15, 0.2) is 0 Å². The van der Waals surface area contributed by atoms with E-state index in [1.54, 1.807) is 0 Å². The van der Waals surface area contributed by atoms with Crippen molar-refractivity contribution in [1.29, 1.82) is 0 Å². The molecule has 0 atom stereocenters. The van der Waals surface area contributed by atoms with Gasteiger partial charge in [0, 0.05) is 24.8 Å². The van der Waals surface area contributed by atoms with Gasteiger partial charge in [0.1, 0.15) is 5.60 Å². The molecule has 0 radical (unpaired) electrons. The summed E-state index contributed by atoms with van der Waals surface area (Å²) in [5, 5.41) is 9.96. The first kappa shape index (κ1) is 16.1. The maximum Gasteiger partial charge on any atom is 0.125 e. The van der Waals surface area contributed by atoms with Crippen LogP contribution in [0.3, 0.4) is 0 Å². The van der Waals surface area contributed by atoms with Crippen molar-refractivity contribution in [3.63, 3.8) is 0 Å². The van der Waals surface area contributed by atoms with Crippen molar-refractivity contribution < 1.29 is 5.11 Å². The number of hydrogen-bond donors (Lipinski definition) is 1. The summed E-state index contributed by atoms with van der Waals surface area (Å²) in [5.74, 6) is 7.07. The van der Waals surface area contributed by atoms with E-state index in [1.165, 1.54) is 0 Å². The van der Waals surface area contributed by atoms with Gasteiger partial charge in [0.25, 0.3) is 0 Å². The number of rotatable bonds is 7. The third-order valence-corrected chi connectivity index (χ3v) is 2.93. The van der Waals surface area contributed by atoms with Crippen molar-refractivity contribution >= 4 is 23.2 Å². The summed E-state index contributed by atoms with van der Waals surface area (Å²) in [5.41, 5.74) is -0.840. The monoisotopic (exact) mass is 265 g/mol. The summed E-state index contributed by atoms with van der Waals surface area (Å²) >= 11 is 11.3. The van der Waals surface area contributed by atoms with Crippen LogP contribution in [0.2, 0.25) is 0 Å². The van der Waals surface area contributed by atoms with Gasteiger partial charge in [0.05, 0.1) is 6.54 Å². The molecule has 1 N–H and O–H groups in total. The molecule has 0 saturated carbocycles. The summed E-state index contributed by atoms with van der Waals surface area (Å²) < 4.78 is 0. The van der Waals surface area contributed by atoms with Crippen molar-refractivity contribution in [2.24, 2.45) is 0 Å². The van der Waals surface area contributed by atoms with E-state index in [0.29, 0.717) is 31.1 Å². The Balaban J connectivity index is 4.21. The molecule has 0 saturated heterocycles. The van der Waals surface area contributed by atoms with E-state index >= 15 is 0 Å². The Hall–Kier alpha value is 0.0600. The van der Waals surface area contributed by atoms with Gasteiger partial charge in [0.15, 0.2) is 0 Å². The smallest absolute Gasteiger partial charge is 0.125 e. The lowest BCUT2D eigenvalue weighted by Gasteiger charge is -2.19. The predicted molar refractivity (Wildman–Crippen MR) is 71.2 cm³/mol. The number of alkyl halides is 2. The lowest BCUT2D eigenvalue weighted by atomic mass is 9.98. The zero-order chi connectivity index (χ0) is 12.4. The van der Waals surface area contributed by atoms with Crippen molar-refractivity contribution in [1.82, 2.24) is 4.90 Å². The summed E-state index contributed by atoms with van der Waals surface area (Å²) in [6, 6.07) is 0. The fourth-order valence-corrected chi connectivity index (χ4v) is 1.73. The van der Waals surface area contributed by atoms with Crippen LogP contribution in [-0.2, 0) is 0 Å². The Labute approximate surface area is 109 Å². The maximum absolute atomic E-state index is 9.96. The Kier molecular flexibility index (Phi) is 9.16. The first-order chi connectivity index (χ1) is 7.61. The van der Waals surface area contributed by atoms with Crippen LogP contribution < -0.4 is 0 Å². The Morgan fingerprint density at radius 1 is 1.12 bits per heavy atom. The Bertz CT molecular complexity index is 225. The largest absolute Gasteiger partial charge is 0.378 e. The lowest BCUT2D eigenvalue weighted by molar-refractivity contribution is 0.0929. The Morgan fingerprint density at radius 3 is 2.00 bits per heavy atom. The van der Waals surface area contributed by atoms with Crippen molar-refractivity contribution in [3.05, 3.63) is 0 Å².